The van der Waals surface area contributed by atoms with Crippen LogP contribution in [0.5, 0.6) is 0 Å². The molecule has 0 amide bonds. The van der Waals surface area contributed by atoms with Crippen molar-refractivity contribution in [2.24, 2.45) is 0 Å². The summed E-state index contributed by atoms with van der Waals surface area (Å²) in [6.45, 7) is 4.56. The van der Waals surface area contributed by atoms with Crippen molar-refractivity contribution < 1.29 is 9.63 Å². The highest BCUT2D eigenvalue weighted by Crippen LogP contribution is 2.21. The molecule has 2 heterocycles. The molecule has 0 aliphatic rings. The fourth-order valence-electron chi connectivity index (χ4n) is 1.37. The number of likely N-dealkylation sites (N-methyl/N-ethyl adjacent to an activating group) is 1. The molecule has 0 saturated carbocycles. The van der Waals surface area contributed by atoms with E-state index in [1.807, 2.05) is 42.6 Å². The third kappa shape index (κ3) is 2.77. The second kappa shape index (κ2) is 5.17. The Hall–Kier alpha value is -1.24. The molecule has 0 spiro atoms. The zero-order chi connectivity index (χ0) is 13.2. The predicted molar refractivity (Wildman–Crippen MR) is 70.2 cm³/mol. The van der Waals surface area contributed by atoms with Crippen LogP contribution in [-0.2, 0) is 6.54 Å². The van der Waals surface area contributed by atoms with Gasteiger partial charge in [-0.1, -0.05) is 5.16 Å². The summed E-state index contributed by atoms with van der Waals surface area (Å²) in [4.78, 5) is 6.34. The van der Waals surface area contributed by atoms with Gasteiger partial charge in [0.15, 0.2) is 5.82 Å². The highest BCUT2D eigenvalue weighted by Gasteiger charge is 2.24. The molecule has 18 heavy (non-hydrogen) atoms. The van der Waals surface area contributed by atoms with Gasteiger partial charge in [0, 0.05) is 10.9 Å². The molecule has 0 saturated heterocycles. The minimum atomic E-state index is -0.302. The number of aromatic nitrogens is 2. The molecule has 0 fully saturated rings. The van der Waals surface area contributed by atoms with Crippen molar-refractivity contribution in [3.8, 4) is 11.5 Å². The zero-order valence-electron chi connectivity index (χ0n) is 10.8. The molecular weight excluding hydrogens is 250 g/mol. The topological polar surface area (TPSA) is 62.4 Å². The van der Waals surface area contributed by atoms with Gasteiger partial charge in [0.25, 0.3) is 5.89 Å². The molecule has 6 heteroatoms. The Bertz CT molecular complexity index is 493. The number of hydrogen-bond donors (Lipinski definition) is 1. The molecule has 5 nitrogen and oxygen atoms in total. The van der Waals surface area contributed by atoms with Gasteiger partial charge in [-0.3, -0.25) is 4.90 Å². The number of aliphatic hydroxyl groups excluding tert-OH is 1. The van der Waals surface area contributed by atoms with Gasteiger partial charge in [0.2, 0.25) is 0 Å². The minimum Gasteiger partial charge on any atom is -0.394 e. The van der Waals surface area contributed by atoms with Gasteiger partial charge in [-0.05, 0) is 32.3 Å². The normalized spacial score (nSPS) is 12.3. The van der Waals surface area contributed by atoms with Gasteiger partial charge in [-0.15, -0.1) is 0 Å². The van der Waals surface area contributed by atoms with Crippen LogP contribution in [0.15, 0.2) is 21.3 Å². The monoisotopic (exact) mass is 267 g/mol. The van der Waals surface area contributed by atoms with E-state index in [1.54, 1.807) is 11.3 Å². The average Bonchev–Trinajstić information content (AvgIpc) is 2.98. The third-order valence-electron chi connectivity index (χ3n) is 3.04. The predicted octanol–water partition coefficient (Wildman–Crippen LogP) is 2.00. The number of aliphatic hydroxyl groups is 1. The first-order valence-electron chi connectivity index (χ1n) is 5.70. The third-order valence-corrected chi connectivity index (χ3v) is 3.72. The lowest BCUT2D eigenvalue weighted by Crippen LogP contribution is -2.43. The molecule has 0 aliphatic heterocycles. The van der Waals surface area contributed by atoms with Crippen molar-refractivity contribution in [2.45, 2.75) is 25.9 Å². The molecule has 0 unspecified atom stereocenters. The van der Waals surface area contributed by atoms with Crippen molar-refractivity contribution >= 4 is 11.3 Å². The van der Waals surface area contributed by atoms with Gasteiger partial charge in [0.1, 0.15) is 0 Å². The van der Waals surface area contributed by atoms with E-state index in [4.69, 9.17) is 4.52 Å². The first-order chi connectivity index (χ1) is 8.53. The maximum absolute atomic E-state index is 9.29. The van der Waals surface area contributed by atoms with E-state index in [2.05, 4.69) is 10.1 Å². The molecule has 98 valence electrons. The molecule has 0 bridgehead atoms. The smallest absolute Gasteiger partial charge is 0.258 e. The van der Waals surface area contributed by atoms with Crippen LogP contribution in [0.4, 0.5) is 0 Å². The zero-order valence-corrected chi connectivity index (χ0v) is 11.6. The van der Waals surface area contributed by atoms with Crippen LogP contribution in [0, 0.1) is 0 Å². The van der Waals surface area contributed by atoms with Crippen LogP contribution < -0.4 is 0 Å². The molecule has 0 radical (unpaired) electrons. The summed E-state index contributed by atoms with van der Waals surface area (Å²) in [7, 11) is 1.93. The summed E-state index contributed by atoms with van der Waals surface area (Å²) in [5.74, 6) is 1.17. The first-order valence-corrected chi connectivity index (χ1v) is 6.64. The van der Waals surface area contributed by atoms with Gasteiger partial charge in [-0.2, -0.15) is 16.3 Å². The largest absolute Gasteiger partial charge is 0.394 e. The summed E-state index contributed by atoms with van der Waals surface area (Å²) in [6, 6.07) is 1.95. The maximum Gasteiger partial charge on any atom is 0.258 e. The molecule has 2 aromatic heterocycles. The number of nitrogens with zero attached hydrogens (tertiary/aromatic N) is 3. The molecule has 0 aliphatic carbocycles. The molecule has 2 aromatic rings. The highest BCUT2D eigenvalue weighted by atomic mass is 32.1. The quantitative estimate of drug-likeness (QED) is 0.897. The van der Waals surface area contributed by atoms with E-state index in [9.17, 15) is 5.11 Å². The summed E-state index contributed by atoms with van der Waals surface area (Å²) in [6.07, 6.45) is 0. The van der Waals surface area contributed by atoms with Gasteiger partial charge in [0.05, 0.1) is 18.7 Å². The van der Waals surface area contributed by atoms with E-state index < -0.39 is 0 Å². The Morgan fingerprint density at radius 1 is 1.50 bits per heavy atom. The lowest BCUT2D eigenvalue weighted by atomic mass is 10.1. The van der Waals surface area contributed by atoms with Gasteiger partial charge in [-0.25, -0.2) is 0 Å². The van der Waals surface area contributed by atoms with E-state index in [0.717, 1.165) is 5.56 Å². The summed E-state index contributed by atoms with van der Waals surface area (Å²) in [5, 5.41) is 17.2. The highest BCUT2D eigenvalue weighted by molar-refractivity contribution is 7.08. The van der Waals surface area contributed by atoms with E-state index in [-0.39, 0.29) is 12.1 Å². The van der Waals surface area contributed by atoms with Crippen molar-refractivity contribution in [3.63, 3.8) is 0 Å². The molecule has 0 aromatic carbocycles. The van der Waals surface area contributed by atoms with Crippen LogP contribution in [0.2, 0.25) is 0 Å². The Morgan fingerprint density at radius 2 is 2.28 bits per heavy atom. The van der Waals surface area contributed by atoms with Crippen molar-refractivity contribution in [3.05, 3.63) is 22.7 Å². The first kappa shape index (κ1) is 13.2. The second-order valence-electron chi connectivity index (χ2n) is 4.85. The fourth-order valence-corrected chi connectivity index (χ4v) is 2.00. The molecule has 2 rings (SSSR count). The van der Waals surface area contributed by atoms with E-state index in [1.165, 1.54) is 0 Å². The second-order valence-corrected chi connectivity index (χ2v) is 5.63. The van der Waals surface area contributed by atoms with Gasteiger partial charge >= 0.3 is 0 Å². The average molecular weight is 267 g/mol. The Balaban J connectivity index is 2.08. The van der Waals surface area contributed by atoms with Gasteiger partial charge < -0.3 is 9.63 Å². The van der Waals surface area contributed by atoms with Crippen LogP contribution in [0.3, 0.4) is 0 Å². The number of hydrogen-bond acceptors (Lipinski definition) is 6. The standard InChI is InChI=1S/C12H17N3O2S/c1-12(2,8-16)15(3)6-10-13-11(17-14-10)9-4-5-18-7-9/h4-5,7,16H,6,8H2,1-3H3. The summed E-state index contributed by atoms with van der Waals surface area (Å²) in [5.41, 5.74) is 0.645. The minimum absolute atomic E-state index is 0.0821. The molecule has 0 atom stereocenters. The molecule has 1 N–H and O–H groups in total. The van der Waals surface area contributed by atoms with Crippen molar-refractivity contribution in [1.82, 2.24) is 15.0 Å². The van der Waals surface area contributed by atoms with Crippen LogP contribution in [0.25, 0.3) is 11.5 Å². The lowest BCUT2D eigenvalue weighted by Gasteiger charge is -2.32. The number of rotatable bonds is 5. The maximum atomic E-state index is 9.29. The van der Waals surface area contributed by atoms with Crippen LogP contribution in [-0.4, -0.2) is 39.3 Å². The SMILES string of the molecule is CN(Cc1noc(-c2ccsc2)n1)C(C)(C)CO. The van der Waals surface area contributed by atoms with E-state index >= 15 is 0 Å². The van der Waals surface area contributed by atoms with Crippen LogP contribution >= 0.6 is 11.3 Å². The Labute approximate surface area is 110 Å². The van der Waals surface area contributed by atoms with Crippen LogP contribution in [0.1, 0.15) is 19.7 Å². The van der Waals surface area contributed by atoms with E-state index in [0.29, 0.717) is 18.3 Å². The Kier molecular flexibility index (Phi) is 3.79. The molecular formula is C12H17N3O2S. The van der Waals surface area contributed by atoms with Crippen molar-refractivity contribution in [2.75, 3.05) is 13.7 Å². The fraction of sp³-hybridized carbons (Fsp3) is 0.500. The summed E-state index contributed by atoms with van der Waals surface area (Å²) >= 11 is 1.59. The van der Waals surface area contributed by atoms with Crippen molar-refractivity contribution in [1.29, 1.82) is 0 Å². The lowest BCUT2D eigenvalue weighted by molar-refractivity contribution is 0.0708. The number of thiophene rings is 1. The Morgan fingerprint density at radius 3 is 2.89 bits per heavy atom. The summed E-state index contributed by atoms with van der Waals surface area (Å²) < 4.78 is 5.21.